The number of aromatic hydroxyl groups is 1. The Bertz CT molecular complexity index is 1000. The van der Waals surface area contributed by atoms with Crippen molar-refractivity contribution >= 4 is 65.3 Å². The normalized spacial score (nSPS) is 12.2. The van der Waals surface area contributed by atoms with E-state index in [1.54, 1.807) is 30.1 Å². The smallest absolute Gasteiger partial charge is 0.205 e. The summed E-state index contributed by atoms with van der Waals surface area (Å²) in [5.74, 6) is 0.165. The van der Waals surface area contributed by atoms with E-state index >= 15 is 0 Å². The van der Waals surface area contributed by atoms with Gasteiger partial charge in [0.05, 0.1) is 20.9 Å². The first-order chi connectivity index (χ1) is 12.0. The molecule has 0 aliphatic carbocycles. The molecule has 1 heterocycles. The Morgan fingerprint density at radius 3 is 2.40 bits per heavy atom. The minimum Gasteiger partial charge on any atom is -0.506 e. The van der Waals surface area contributed by atoms with Gasteiger partial charge in [0.15, 0.2) is 0 Å². The maximum absolute atomic E-state index is 9.83. The zero-order valence-electron chi connectivity index (χ0n) is 12.9. The van der Waals surface area contributed by atoms with Gasteiger partial charge >= 0.3 is 0 Å². The highest BCUT2D eigenvalue weighted by molar-refractivity contribution is 9.11. The standard InChI is InChI=1S/C17H12Br3N3OS/c1-21-17-23(15(9-25-17)11-4-2-3-5-12(11)18)22-8-10-6-13(19)16(24)14(20)7-10/h2-9,24H,1H3. The summed E-state index contributed by atoms with van der Waals surface area (Å²) in [4.78, 5) is 5.09. The Labute approximate surface area is 174 Å². The van der Waals surface area contributed by atoms with Crippen LogP contribution in [-0.2, 0) is 0 Å². The van der Waals surface area contributed by atoms with Crippen LogP contribution < -0.4 is 4.80 Å². The third-order valence-electron chi connectivity index (χ3n) is 3.39. The molecule has 8 heteroatoms. The van der Waals surface area contributed by atoms with Crippen LogP contribution in [0.3, 0.4) is 0 Å². The molecule has 0 atom stereocenters. The average molecular weight is 546 g/mol. The van der Waals surface area contributed by atoms with Gasteiger partial charge in [0, 0.05) is 22.5 Å². The third kappa shape index (κ3) is 3.97. The van der Waals surface area contributed by atoms with Crippen LogP contribution in [-0.4, -0.2) is 23.0 Å². The van der Waals surface area contributed by atoms with Crippen LogP contribution in [0.2, 0.25) is 0 Å². The van der Waals surface area contributed by atoms with Crippen molar-refractivity contribution in [2.75, 3.05) is 7.05 Å². The van der Waals surface area contributed by atoms with Gasteiger partial charge in [-0.25, -0.2) is 4.68 Å². The highest BCUT2D eigenvalue weighted by Crippen LogP contribution is 2.33. The molecule has 1 aromatic heterocycles. The fraction of sp³-hybridized carbons (Fsp3) is 0.0588. The van der Waals surface area contributed by atoms with Crippen molar-refractivity contribution in [3.63, 3.8) is 0 Å². The summed E-state index contributed by atoms with van der Waals surface area (Å²) < 4.78 is 4.00. The lowest BCUT2D eigenvalue weighted by molar-refractivity contribution is 0.468. The summed E-state index contributed by atoms with van der Waals surface area (Å²) in [6, 6.07) is 11.6. The quantitative estimate of drug-likeness (QED) is 0.427. The number of rotatable bonds is 3. The van der Waals surface area contributed by atoms with E-state index in [-0.39, 0.29) is 5.75 Å². The number of thiazole rings is 1. The van der Waals surface area contributed by atoms with Crippen molar-refractivity contribution in [3.8, 4) is 17.0 Å². The Hall–Kier alpha value is -1.22. The number of phenols is 1. The number of hydrogen-bond acceptors (Lipinski definition) is 4. The number of aromatic nitrogens is 1. The predicted octanol–water partition coefficient (Wildman–Crippen LogP) is 5.62. The van der Waals surface area contributed by atoms with Crippen LogP contribution in [0.1, 0.15) is 5.56 Å². The maximum Gasteiger partial charge on any atom is 0.205 e. The topological polar surface area (TPSA) is 49.9 Å². The van der Waals surface area contributed by atoms with E-state index < -0.39 is 0 Å². The van der Waals surface area contributed by atoms with E-state index in [2.05, 4.69) is 57.9 Å². The summed E-state index contributed by atoms with van der Waals surface area (Å²) in [7, 11) is 1.75. The van der Waals surface area contributed by atoms with E-state index in [0.29, 0.717) is 8.95 Å². The van der Waals surface area contributed by atoms with E-state index in [4.69, 9.17) is 0 Å². The second-order valence-electron chi connectivity index (χ2n) is 5.00. The monoisotopic (exact) mass is 543 g/mol. The Kier molecular flexibility index (Phi) is 5.93. The van der Waals surface area contributed by atoms with Crippen molar-refractivity contribution in [1.29, 1.82) is 0 Å². The molecule has 0 saturated carbocycles. The Morgan fingerprint density at radius 1 is 1.08 bits per heavy atom. The number of benzene rings is 2. The Morgan fingerprint density at radius 2 is 1.76 bits per heavy atom. The lowest BCUT2D eigenvalue weighted by Gasteiger charge is -2.06. The molecule has 0 amide bonds. The van der Waals surface area contributed by atoms with Gasteiger partial charge < -0.3 is 5.11 Å². The molecule has 1 N–H and O–H groups in total. The van der Waals surface area contributed by atoms with E-state index in [9.17, 15) is 5.11 Å². The number of phenolic OH excluding ortho intramolecular Hbond substituents is 1. The molecule has 128 valence electrons. The lowest BCUT2D eigenvalue weighted by atomic mass is 10.2. The molecule has 0 aliphatic rings. The van der Waals surface area contributed by atoms with E-state index in [1.807, 2.05) is 29.6 Å². The summed E-state index contributed by atoms with van der Waals surface area (Å²) >= 11 is 11.8. The number of hydrogen-bond donors (Lipinski definition) is 1. The molecule has 0 spiro atoms. The van der Waals surface area contributed by atoms with Crippen LogP contribution in [0.4, 0.5) is 0 Å². The zero-order chi connectivity index (χ0) is 18.0. The summed E-state index contributed by atoms with van der Waals surface area (Å²) in [6.07, 6.45) is 1.73. The van der Waals surface area contributed by atoms with Crippen LogP contribution in [0.15, 0.2) is 65.3 Å². The lowest BCUT2D eigenvalue weighted by Crippen LogP contribution is -2.11. The van der Waals surface area contributed by atoms with Gasteiger partial charge in [-0.1, -0.05) is 34.1 Å². The first kappa shape index (κ1) is 18.6. The molecule has 3 rings (SSSR count). The van der Waals surface area contributed by atoms with Gasteiger partial charge in [0.2, 0.25) is 4.80 Å². The minimum atomic E-state index is 0.165. The van der Waals surface area contributed by atoms with Crippen molar-refractivity contribution in [2.45, 2.75) is 0 Å². The molecule has 0 bridgehead atoms. The molecule has 4 nitrogen and oxygen atoms in total. The van der Waals surface area contributed by atoms with E-state index in [0.717, 1.165) is 26.1 Å². The molecule has 25 heavy (non-hydrogen) atoms. The molecule has 3 aromatic rings. The molecular formula is C17H12Br3N3OS. The van der Waals surface area contributed by atoms with Gasteiger partial charge in [-0.05, 0) is 55.6 Å². The largest absolute Gasteiger partial charge is 0.506 e. The van der Waals surface area contributed by atoms with Crippen molar-refractivity contribution in [1.82, 2.24) is 4.68 Å². The Balaban J connectivity index is 2.09. The van der Waals surface area contributed by atoms with Crippen molar-refractivity contribution < 1.29 is 5.11 Å². The highest BCUT2D eigenvalue weighted by Gasteiger charge is 2.10. The molecule has 2 aromatic carbocycles. The molecule has 0 aliphatic heterocycles. The highest BCUT2D eigenvalue weighted by atomic mass is 79.9. The molecule has 0 unspecified atom stereocenters. The SMILES string of the molecule is CN=c1scc(-c2ccccc2Br)n1N=Cc1cc(Br)c(O)c(Br)c1. The van der Waals surface area contributed by atoms with Crippen LogP contribution in [0, 0.1) is 0 Å². The van der Waals surface area contributed by atoms with E-state index in [1.165, 1.54) is 11.3 Å². The molecule has 0 saturated heterocycles. The van der Waals surface area contributed by atoms with Crippen molar-refractivity contribution in [2.24, 2.45) is 10.1 Å². The predicted molar refractivity (Wildman–Crippen MR) is 113 cm³/mol. The second-order valence-corrected chi connectivity index (χ2v) is 8.40. The fourth-order valence-electron chi connectivity index (χ4n) is 2.20. The van der Waals surface area contributed by atoms with Gasteiger partial charge in [0.1, 0.15) is 5.75 Å². The van der Waals surface area contributed by atoms with Gasteiger partial charge in [-0.3, -0.25) is 4.99 Å². The number of nitrogens with zero attached hydrogens (tertiary/aromatic N) is 3. The van der Waals surface area contributed by atoms with Crippen LogP contribution in [0.25, 0.3) is 11.3 Å². The minimum absolute atomic E-state index is 0.165. The zero-order valence-corrected chi connectivity index (χ0v) is 18.5. The first-order valence-corrected chi connectivity index (χ1v) is 10.4. The third-order valence-corrected chi connectivity index (χ3v) is 6.20. The first-order valence-electron chi connectivity index (χ1n) is 7.12. The summed E-state index contributed by atoms with van der Waals surface area (Å²) in [5, 5.41) is 16.5. The van der Waals surface area contributed by atoms with Gasteiger partial charge in [-0.2, -0.15) is 5.10 Å². The number of halogens is 3. The molecular weight excluding hydrogens is 534 g/mol. The maximum atomic E-state index is 9.83. The molecule has 0 radical (unpaired) electrons. The fourth-order valence-corrected chi connectivity index (χ4v) is 4.71. The van der Waals surface area contributed by atoms with Gasteiger partial charge in [0.25, 0.3) is 0 Å². The summed E-state index contributed by atoms with van der Waals surface area (Å²) in [5.41, 5.74) is 2.83. The second kappa shape index (κ2) is 7.99. The molecule has 0 fully saturated rings. The average Bonchev–Trinajstić information content (AvgIpc) is 3.00. The summed E-state index contributed by atoms with van der Waals surface area (Å²) in [6.45, 7) is 0. The van der Waals surface area contributed by atoms with Crippen LogP contribution >= 0.6 is 59.1 Å². The van der Waals surface area contributed by atoms with Crippen molar-refractivity contribution in [3.05, 3.63) is 65.6 Å². The van der Waals surface area contributed by atoms with Crippen LogP contribution in [0.5, 0.6) is 5.75 Å². The van der Waals surface area contributed by atoms with Gasteiger partial charge in [-0.15, -0.1) is 11.3 Å².